The van der Waals surface area contributed by atoms with E-state index in [4.69, 9.17) is 14.2 Å². The number of methoxy groups -OCH3 is 2. The average Bonchev–Trinajstić information content (AvgIpc) is 3.24. The third-order valence-electron chi connectivity index (χ3n) is 4.69. The fourth-order valence-corrected chi connectivity index (χ4v) is 3.09. The van der Waals surface area contributed by atoms with E-state index in [1.54, 1.807) is 37.4 Å². The zero-order valence-electron chi connectivity index (χ0n) is 17.7. The maximum Gasteiger partial charge on any atom is 0.254 e. The predicted molar refractivity (Wildman–Crippen MR) is 114 cm³/mol. The zero-order chi connectivity index (χ0) is 23.4. The quantitative estimate of drug-likeness (QED) is 0.408. The van der Waals surface area contributed by atoms with Crippen LogP contribution in [0.1, 0.15) is 10.4 Å². The first-order chi connectivity index (χ1) is 16.0. The minimum atomic E-state index is -0.934. The molecule has 0 unspecified atom stereocenters. The molecule has 0 saturated heterocycles. The molecule has 2 aromatic heterocycles. The maximum atomic E-state index is 13.7. The molecule has 2 heterocycles. The number of rotatable bonds is 8. The Morgan fingerprint density at radius 1 is 1.00 bits per heavy atom. The van der Waals surface area contributed by atoms with Crippen molar-refractivity contribution in [3.8, 4) is 28.8 Å². The molecule has 0 radical (unpaired) electrons. The van der Waals surface area contributed by atoms with Crippen LogP contribution in [0, 0.1) is 11.6 Å². The van der Waals surface area contributed by atoms with Gasteiger partial charge < -0.3 is 19.5 Å². The fourth-order valence-electron chi connectivity index (χ4n) is 3.09. The first-order valence-corrected chi connectivity index (χ1v) is 9.81. The summed E-state index contributed by atoms with van der Waals surface area (Å²) < 4.78 is 44.4. The van der Waals surface area contributed by atoms with Gasteiger partial charge in [-0.25, -0.2) is 8.78 Å². The van der Waals surface area contributed by atoms with E-state index in [0.29, 0.717) is 34.6 Å². The highest BCUT2D eigenvalue weighted by molar-refractivity contribution is 5.94. The minimum absolute atomic E-state index is 0.0703. The van der Waals surface area contributed by atoms with Gasteiger partial charge in [0.25, 0.3) is 5.91 Å². The van der Waals surface area contributed by atoms with Crippen molar-refractivity contribution in [2.45, 2.75) is 0 Å². The molecule has 33 heavy (non-hydrogen) atoms. The number of ether oxygens (including phenoxy) is 3. The smallest absolute Gasteiger partial charge is 0.254 e. The Balaban J connectivity index is 1.44. The van der Waals surface area contributed by atoms with Crippen molar-refractivity contribution in [1.82, 2.24) is 25.1 Å². The van der Waals surface area contributed by atoms with Crippen molar-refractivity contribution in [2.24, 2.45) is 0 Å². The highest BCUT2D eigenvalue weighted by atomic mass is 19.1. The van der Waals surface area contributed by atoms with Crippen LogP contribution >= 0.6 is 0 Å². The molecule has 0 bridgehead atoms. The van der Waals surface area contributed by atoms with E-state index in [1.165, 1.54) is 11.6 Å². The van der Waals surface area contributed by atoms with Gasteiger partial charge in [0.2, 0.25) is 5.88 Å². The lowest BCUT2D eigenvalue weighted by Gasteiger charge is -2.09. The highest BCUT2D eigenvalue weighted by Gasteiger charge is 2.14. The first-order valence-electron chi connectivity index (χ1n) is 9.81. The molecular weight excluding hydrogens is 436 g/mol. The number of halogens is 2. The Hall–Kier alpha value is -4.28. The molecule has 0 fully saturated rings. The van der Waals surface area contributed by atoms with Gasteiger partial charge in [0.1, 0.15) is 18.2 Å². The Morgan fingerprint density at radius 2 is 1.82 bits per heavy atom. The number of nitrogens with one attached hydrogen (secondary N) is 1. The Bertz CT molecular complexity index is 1310. The summed E-state index contributed by atoms with van der Waals surface area (Å²) in [4.78, 5) is 12.0. The molecule has 0 aliphatic carbocycles. The van der Waals surface area contributed by atoms with Gasteiger partial charge in [-0.2, -0.15) is 4.52 Å². The number of fused-ring (bicyclic) bond motifs is 1. The Kier molecular flexibility index (Phi) is 6.29. The van der Waals surface area contributed by atoms with Crippen LogP contribution in [0.2, 0.25) is 0 Å². The maximum absolute atomic E-state index is 13.7. The van der Waals surface area contributed by atoms with Crippen LogP contribution in [0.5, 0.6) is 17.4 Å². The number of carbonyl (C=O) groups excluding carboxylic acids is 1. The van der Waals surface area contributed by atoms with Gasteiger partial charge in [-0.1, -0.05) is 0 Å². The lowest BCUT2D eigenvalue weighted by Crippen LogP contribution is -2.29. The number of hydrogen-bond acceptors (Lipinski definition) is 7. The van der Waals surface area contributed by atoms with E-state index >= 15 is 0 Å². The first kappa shape index (κ1) is 21.9. The monoisotopic (exact) mass is 455 g/mol. The Labute approximate surface area is 186 Å². The summed E-state index contributed by atoms with van der Waals surface area (Å²) in [5.74, 6) is -0.509. The molecule has 2 aromatic carbocycles. The van der Waals surface area contributed by atoms with Crippen LogP contribution in [0.25, 0.3) is 17.0 Å². The van der Waals surface area contributed by atoms with Gasteiger partial charge in [0, 0.05) is 17.7 Å². The molecule has 0 saturated carbocycles. The summed E-state index contributed by atoms with van der Waals surface area (Å²) in [7, 11) is 3.09. The van der Waals surface area contributed by atoms with Crippen LogP contribution in [0.3, 0.4) is 0 Å². The van der Waals surface area contributed by atoms with Crippen molar-refractivity contribution >= 4 is 11.6 Å². The van der Waals surface area contributed by atoms with Gasteiger partial charge in [-0.15, -0.1) is 15.3 Å². The molecule has 170 valence electrons. The molecular formula is C22H19F2N5O4. The average molecular weight is 455 g/mol. The number of nitrogens with zero attached hydrogens (tertiary/aromatic N) is 4. The second-order valence-electron chi connectivity index (χ2n) is 6.76. The SMILES string of the molecule is COc1ccc(-c2nnc3ccc(OCCNC(=O)c4ccc(F)cc4F)nn23)cc1OC. The number of benzene rings is 2. The summed E-state index contributed by atoms with van der Waals surface area (Å²) in [6.07, 6.45) is 0. The van der Waals surface area contributed by atoms with Crippen LogP contribution in [0.4, 0.5) is 8.78 Å². The van der Waals surface area contributed by atoms with E-state index in [-0.39, 0.29) is 24.6 Å². The van der Waals surface area contributed by atoms with Gasteiger partial charge in [-0.3, -0.25) is 4.79 Å². The molecule has 11 heteroatoms. The van der Waals surface area contributed by atoms with Crippen LogP contribution in [-0.2, 0) is 0 Å². The van der Waals surface area contributed by atoms with Gasteiger partial charge in [0.15, 0.2) is 23.0 Å². The topological polar surface area (TPSA) is 99.9 Å². The summed E-state index contributed by atoms with van der Waals surface area (Å²) in [6.45, 7) is 0.154. The predicted octanol–water partition coefficient (Wildman–Crippen LogP) is 2.90. The van der Waals surface area contributed by atoms with Crippen molar-refractivity contribution in [3.05, 3.63) is 65.7 Å². The van der Waals surface area contributed by atoms with E-state index in [0.717, 1.165) is 12.1 Å². The fraction of sp³-hybridized carbons (Fsp3) is 0.182. The van der Waals surface area contributed by atoms with Crippen LogP contribution < -0.4 is 19.5 Å². The normalized spacial score (nSPS) is 10.8. The van der Waals surface area contributed by atoms with E-state index in [9.17, 15) is 13.6 Å². The van der Waals surface area contributed by atoms with E-state index in [2.05, 4.69) is 20.6 Å². The van der Waals surface area contributed by atoms with Gasteiger partial charge in [0.05, 0.1) is 26.3 Å². The summed E-state index contributed by atoms with van der Waals surface area (Å²) in [6, 6.07) is 11.4. The Morgan fingerprint density at radius 3 is 2.58 bits per heavy atom. The van der Waals surface area contributed by atoms with Crippen molar-refractivity contribution in [3.63, 3.8) is 0 Å². The summed E-state index contributed by atoms with van der Waals surface area (Å²) in [5, 5.41) is 15.2. The molecule has 0 spiro atoms. The second kappa shape index (κ2) is 9.47. The second-order valence-corrected chi connectivity index (χ2v) is 6.76. The largest absolute Gasteiger partial charge is 0.493 e. The molecule has 0 aliphatic heterocycles. The van der Waals surface area contributed by atoms with Crippen LogP contribution in [0.15, 0.2) is 48.5 Å². The van der Waals surface area contributed by atoms with Gasteiger partial charge >= 0.3 is 0 Å². The molecule has 0 aliphatic rings. The standard InChI is InChI=1S/C22H19F2N5O4/c1-31-17-6-3-13(11-18(17)32-2)21-27-26-19-7-8-20(28-29(19)21)33-10-9-25-22(30)15-5-4-14(23)12-16(15)24/h3-8,11-12H,9-10H2,1-2H3,(H,25,30). The highest BCUT2D eigenvalue weighted by Crippen LogP contribution is 2.31. The summed E-state index contributed by atoms with van der Waals surface area (Å²) >= 11 is 0. The number of aromatic nitrogens is 4. The number of hydrogen-bond donors (Lipinski definition) is 1. The molecule has 1 N–H and O–H groups in total. The molecule has 9 nitrogen and oxygen atoms in total. The lowest BCUT2D eigenvalue weighted by molar-refractivity contribution is 0.0942. The molecule has 1 amide bonds. The number of amides is 1. The minimum Gasteiger partial charge on any atom is -0.493 e. The van der Waals surface area contributed by atoms with Crippen molar-refractivity contribution < 1.29 is 27.8 Å². The van der Waals surface area contributed by atoms with Crippen molar-refractivity contribution in [1.29, 1.82) is 0 Å². The van der Waals surface area contributed by atoms with Gasteiger partial charge in [-0.05, 0) is 36.4 Å². The molecule has 4 aromatic rings. The zero-order valence-corrected chi connectivity index (χ0v) is 17.7. The summed E-state index contributed by atoms with van der Waals surface area (Å²) in [5.41, 5.74) is 0.964. The number of carbonyl (C=O) groups is 1. The van der Waals surface area contributed by atoms with Crippen molar-refractivity contribution in [2.75, 3.05) is 27.4 Å². The third kappa shape index (κ3) is 4.66. The molecule has 4 rings (SSSR count). The molecule has 0 atom stereocenters. The van der Waals surface area contributed by atoms with Crippen LogP contribution in [-0.4, -0.2) is 53.1 Å². The third-order valence-corrected chi connectivity index (χ3v) is 4.69. The lowest BCUT2D eigenvalue weighted by atomic mass is 10.2. The van der Waals surface area contributed by atoms with E-state index in [1.807, 2.05) is 0 Å². The van der Waals surface area contributed by atoms with E-state index < -0.39 is 17.5 Å².